The summed E-state index contributed by atoms with van der Waals surface area (Å²) in [7, 11) is 1.20. The molecule has 25 heavy (non-hydrogen) atoms. The molecule has 0 radical (unpaired) electrons. The number of nitrogens with zero attached hydrogens (tertiary/aromatic N) is 3. The Morgan fingerprint density at radius 2 is 2.04 bits per heavy atom. The lowest BCUT2D eigenvalue weighted by molar-refractivity contribution is -0.389. The fourth-order valence-corrected chi connectivity index (χ4v) is 2.54. The third kappa shape index (κ3) is 2.99. The van der Waals surface area contributed by atoms with Gasteiger partial charge >= 0.3 is 11.8 Å². The van der Waals surface area contributed by atoms with Gasteiger partial charge in [-0.2, -0.15) is 0 Å². The molecule has 0 spiro atoms. The molecule has 2 heterocycles. The van der Waals surface area contributed by atoms with Crippen molar-refractivity contribution < 1.29 is 24.0 Å². The van der Waals surface area contributed by atoms with E-state index in [2.05, 4.69) is 4.98 Å². The Balaban J connectivity index is 2.16. The number of hydrogen-bond donors (Lipinski definition) is 0. The zero-order valence-electron chi connectivity index (χ0n) is 13.1. The van der Waals surface area contributed by atoms with E-state index in [1.54, 1.807) is 30.3 Å². The Morgan fingerprint density at radius 1 is 1.32 bits per heavy atom. The summed E-state index contributed by atoms with van der Waals surface area (Å²) in [4.78, 5) is 40.1. The number of rotatable bonds is 4. The molecule has 128 valence electrons. The summed E-state index contributed by atoms with van der Waals surface area (Å²) in [5.41, 5.74) is 0.490. The van der Waals surface area contributed by atoms with Gasteiger partial charge in [-0.15, -0.1) is 0 Å². The van der Waals surface area contributed by atoms with E-state index in [4.69, 9.17) is 9.47 Å². The molecule has 1 aliphatic rings. The number of fused-ring (bicyclic) bond motifs is 1. The molecule has 1 aromatic heterocycles. The zero-order valence-corrected chi connectivity index (χ0v) is 13.1. The molecule has 0 bridgehead atoms. The van der Waals surface area contributed by atoms with Crippen molar-refractivity contribution in [2.24, 2.45) is 0 Å². The Bertz CT molecular complexity index is 839. The van der Waals surface area contributed by atoms with E-state index in [0.717, 1.165) is 4.90 Å². The lowest BCUT2D eigenvalue weighted by Crippen LogP contribution is -2.45. The largest absolute Gasteiger partial charge is 0.477 e. The van der Waals surface area contributed by atoms with Gasteiger partial charge in [0.25, 0.3) is 11.7 Å². The second kappa shape index (κ2) is 6.56. The predicted octanol–water partition coefficient (Wildman–Crippen LogP) is 1.63. The molecule has 3 rings (SSSR count). The summed E-state index contributed by atoms with van der Waals surface area (Å²) in [6, 6.07) is 9.87. The lowest BCUT2D eigenvalue weighted by atomic mass is 10.0. The smallest absolute Gasteiger partial charge is 0.366 e. The van der Waals surface area contributed by atoms with E-state index in [0.29, 0.717) is 5.56 Å². The number of aromatic nitrogens is 1. The summed E-state index contributed by atoms with van der Waals surface area (Å²) >= 11 is 0. The minimum Gasteiger partial charge on any atom is -0.477 e. The maximum absolute atomic E-state index is 12.5. The van der Waals surface area contributed by atoms with E-state index in [-0.39, 0.29) is 18.2 Å². The van der Waals surface area contributed by atoms with Crippen molar-refractivity contribution >= 4 is 23.5 Å². The summed E-state index contributed by atoms with van der Waals surface area (Å²) in [6.07, 6.45) is 0. The number of methoxy groups -OCH3 is 1. The lowest BCUT2D eigenvalue weighted by Gasteiger charge is -2.31. The van der Waals surface area contributed by atoms with Gasteiger partial charge in [0.2, 0.25) is 0 Å². The second-order valence-corrected chi connectivity index (χ2v) is 5.14. The molecular formula is C16H13N3O6. The molecule has 0 aliphatic carbocycles. The first kappa shape index (κ1) is 16.4. The highest BCUT2D eigenvalue weighted by Crippen LogP contribution is 2.37. The van der Waals surface area contributed by atoms with Crippen LogP contribution in [0.3, 0.4) is 0 Å². The Labute approximate surface area is 141 Å². The van der Waals surface area contributed by atoms with Gasteiger partial charge < -0.3 is 19.6 Å². The molecule has 1 unspecified atom stereocenters. The van der Waals surface area contributed by atoms with Crippen LogP contribution >= 0.6 is 0 Å². The van der Waals surface area contributed by atoms with Gasteiger partial charge in [-0.3, -0.25) is 9.69 Å². The van der Waals surface area contributed by atoms with Crippen LogP contribution in [0.5, 0.6) is 5.75 Å². The number of nitro groups is 1. The Kier molecular flexibility index (Phi) is 4.29. The van der Waals surface area contributed by atoms with Gasteiger partial charge in [-0.25, -0.2) is 4.79 Å². The van der Waals surface area contributed by atoms with Crippen molar-refractivity contribution in [2.75, 3.05) is 18.6 Å². The summed E-state index contributed by atoms with van der Waals surface area (Å²) in [5.74, 6) is -1.63. The molecule has 1 aromatic carbocycles. The number of ether oxygens (including phenoxy) is 2. The van der Waals surface area contributed by atoms with Gasteiger partial charge in [-0.1, -0.05) is 30.3 Å². The first-order chi connectivity index (χ1) is 12.0. The number of pyridine rings is 1. The number of amides is 1. The van der Waals surface area contributed by atoms with E-state index < -0.39 is 28.7 Å². The van der Waals surface area contributed by atoms with Crippen LogP contribution in [0.4, 0.5) is 11.6 Å². The SMILES string of the molecule is COC(=O)C(c1ccccc1)N1C(=O)COc2ccc([N+](=O)[O-])nc21. The molecule has 0 saturated carbocycles. The molecule has 0 saturated heterocycles. The van der Waals surface area contributed by atoms with Gasteiger partial charge in [0.15, 0.2) is 18.4 Å². The molecule has 9 heteroatoms. The van der Waals surface area contributed by atoms with Crippen molar-refractivity contribution in [1.29, 1.82) is 0 Å². The number of esters is 1. The van der Waals surface area contributed by atoms with Crippen molar-refractivity contribution in [1.82, 2.24) is 4.98 Å². The maximum Gasteiger partial charge on any atom is 0.366 e. The normalized spacial score (nSPS) is 14.3. The summed E-state index contributed by atoms with van der Waals surface area (Å²) in [5, 5.41) is 11.0. The highest BCUT2D eigenvalue weighted by Gasteiger charge is 2.41. The van der Waals surface area contributed by atoms with Crippen LogP contribution in [0, 0.1) is 10.1 Å². The Hall–Kier alpha value is -3.49. The maximum atomic E-state index is 12.5. The van der Waals surface area contributed by atoms with Crippen molar-refractivity contribution in [3.8, 4) is 5.75 Å². The number of carbonyl (C=O) groups is 2. The van der Waals surface area contributed by atoms with E-state index in [1.807, 2.05) is 0 Å². The van der Waals surface area contributed by atoms with E-state index in [1.165, 1.54) is 19.2 Å². The third-order valence-electron chi connectivity index (χ3n) is 3.66. The van der Waals surface area contributed by atoms with Gasteiger partial charge in [0.05, 0.1) is 7.11 Å². The second-order valence-electron chi connectivity index (χ2n) is 5.14. The minimum atomic E-state index is -1.13. The highest BCUT2D eigenvalue weighted by atomic mass is 16.6. The molecule has 0 N–H and O–H groups in total. The quantitative estimate of drug-likeness (QED) is 0.471. The number of hydrogen-bond acceptors (Lipinski definition) is 7. The van der Waals surface area contributed by atoms with Crippen LogP contribution in [-0.4, -0.2) is 35.5 Å². The monoisotopic (exact) mass is 343 g/mol. The number of benzene rings is 1. The molecular weight excluding hydrogens is 330 g/mol. The molecule has 1 amide bonds. The zero-order chi connectivity index (χ0) is 18.0. The first-order valence-corrected chi connectivity index (χ1v) is 7.26. The average Bonchev–Trinajstić information content (AvgIpc) is 2.63. The molecule has 9 nitrogen and oxygen atoms in total. The number of carbonyl (C=O) groups excluding carboxylic acids is 2. The van der Waals surface area contributed by atoms with Crippen LogP contribution in [0.25, 0.3) is 0 Å². The first-order valence-electron chi connectivity index (χ1n) is 7.26. The Morgan fingerprint density at radius 3 is 2.68 bits per heavy atom. The van der Waals surface area contributed by atoms with Crippen LogP contribution in [-0.2, 0) is 14.3 Å². The van der Waals surface area contributed by atoms with Crippen LogP contribution < -0.4 is 9.64 Å². The fraction of sp³-hybridized carbons (Fsp3) is 0.188. The summed E-state index contributed by atoms with van der Waals surface area (Å²) in [6.45, 7) is -0.313. The third-order valence-corrected chi connectivity index (χ3v) is 3.66. The van der Waals surface area contributed by atoms with Crippen molar-refractivity contribution in [3.05, 3.63) is 58.1 Å². The van der Waals surface area contributed by atoms with Gasteiger partial charge in [-0.05, 0) is 21.5 Å². The van der Waals surface area contributed by atoms with Crippen molar-refractivity contribution in [3.63, 3.8) is 0 Å². The van der Waals surface area contributed by atoms with Gasteiger partial charge in [0, 0.05) is 6.07 Å². The minimum absolute atomic E-state index is 0.0929. The van der Waals surface area contributed by atoms with E-state index in [9.17, 15) is 19.7 Å². The molecule has 1 atom stereocenters. The summed E-state index contributed by atoms with van der Waals surface area (Å²) < 4.78 is 10.1. The van der Waals surface area contributed by atoms with E-state index >= 15 is 0 Å². The topological polar surface area (TPSA) is 112 Å². The molecule has 2 aromatic rings. The molecule has 1 aliphatic heterocycles. The van der Waals surface area contributed by atoms with Crippen LogP contribution in [0.1, 0.15) is 11.6 Å². The average molecular weight is 343 g/mol. The van der Waals surface area contributed by atoms with Crippen molar-refractivity contribution in [2.45, 2.75) is 6.04 Å². The molecule has 0 fully saturated rings. The standard InChI is InChI=1S/C16H13N3O6/c1-24-16(21)14(10-5-3-2-4-6-10)18-13(20)9-25-11-7-8-12(19(22)23)17-15(11)18/h2-8,14H,9H2,1H3. The van der Waals surface area contributed by atoms with Crippen LogP contribution in [0.2, 0.25) is 0 Å². The van der Waals surface area contributed by atoms with Crippen LogP contribution in [0.15, 0.2) is 42.5 Å². The van der Waals surface area contributed by atoms with Gasteiger partial charge in [0.1, 0.15) is 0 Å². The fourth-order valence-electron chi connectivity index (χ4n) is 2.54. The number of anilines is 1. The highest BCUT2D eigenvalue weighted by molar-refractivity contribution is 6.02. The predicted molar refractivity (Wildman–Crippen MR) is 85.1 cm³/mol.